The van der Waals surface area contributed by atoms with E-state index >= 15 is 0 Å². The van der Waals surface area contributed by atoms with Crippen LogP contribution in [0.3, 0.4) is 0 Å². The first-order valence-electron chi connectivity index (χ1n) is 14.2. The molecule has 0 aromatic heterocycles. The topological polar surface area (TPSA) is 66.8 Å². The van der Waals surface area contributed by atoms with E-state index in [9.17, 15) is 15.0 Å². The number of phenols is 1. The quantitative estimate of drug-likeness (QED) is 0.291. The van der Waals surface area contributed by atoms with Crippen LogP contribution in [0.15, 0.2) is 48.5 Å². The molecule has 0 radical (unpaired) electrons. The number of aromatic hydroxyl groups is 1. The first-order chi connectivity index (χ1) is 17.9. The SMILES string of the molecule is CCCCCCOc1cc2ccc(-c3ccc(C(=O)O)c(O)c3)cc2cc1C12CC3CC(CC(C3)C1)C2. The number of fused-ring (bicyclic) bond motifs is 1. The molecule has 4 bridgehead atoms. The summed E-state index contributed by atoms with van der Waals surface area (Å²) in [4.78, 5) is 11.3. The van der Waals surface area contributed by atoms with Crippen molar-refractivity contribution in [2.75, 3.05) is 6.61 Å². The fourth-order valence-electron chi connectivity index (χ4n) is 8.03. The van der Waals surface area contributed by atoms with Crippen LogP contribution in [0.4, 0.5) is 0 Å². The van der Waals surface area contributed by atoms with Crippen molar-refractivity contribution in [2.24, 2.45) is 17.8 Å². The molecular formula is C33H38O4. The van der Waals surface area contributed by atoms with Gasteiger partial charge in [0, 0.05) is 5.56 Å². The van der Waals surface area contributed by atoms with E-state index in [4.69, 9.17) is 4.74 Å². The van der Waals surface area contributed by atoms with Gasteiger partial charge in [0.05, 0.1) is 6.61 Å². The normalized spacial score (nSPS) is 26.0. The highest BCUT2D eigenvalue weighted by Gasteiger charge is 2.52. The molecule has 4 aliphatic carbocycles. The second kappa shape index (κ2) is 9.70. The minimum Gasteiger partial charge on any atom is -0.507 e. The van der Waals surface area contributed by atoms with E-state index in [1.165, 1.54) is 74.8 Å². The second-order valence-electron chi connectivity index (χ2n) is 12.1. The number of hydrogen-bond acceptors (Lipinski definition) is 3. The first-order valence-corrected chi connectivity index (χ1v) is 14.2. The van der Waals surface area contributed by atoms with Gasteiger partial charge in [-0.25, -0.2) is 4.79 Å². The molecule has 0 amide bonds. The van der Waals surface area contributed by atoms with Crippen molar-refractivity contribution >= 4 is 16.7 Å². The summed E-state index contributed by atoms with van der Waals surface area (Å²) in [5.74, 6) is 2.35. The molecule has 0 atom stereocenters. The van der Waals surface area contributed by atoms with Crippen LogP contribution in [-0.2, 0) is 5.41 Å². The molecule has 37 heavy (non-hydrogen) atoms. The van der Waals surface area contributed by atoms with Crippen molar-refractivity contribution in [1.82, 2.24) is 0 Å². The zero-order chi connectivity index (χ0) is 25.6. The number of unbranched alkanes of at least 4 members (excludes halogenated alkanes) is 3. The van der Waals surface area contributed by atoms with Crippen LogP contribution in [0.1, 0.15) is 87.1 Å². The highest BCUT2D eigenvalue weighted by Crippen LogP contribution is 2.62. The number of hydrogen-bond donors (Lipinski definition) is 2. The van der Waals surface area contributed by atoms with Crippen molar-refractivity contribution in [3.8, 4) is 22.6 Å². The number of aromatic carboxylic acids is 1. The van der Waals surface area contributed by atoms with Gasteiger partial charge in [0.1, 0.15) is 17.1 Å². The van der Waals surface area contributed by atoms with Gasteiger partial charge in [-0.3, -0.25) is 0 Å². The summed E-state index contributed by atoms with van der Waals surface area (Å²) >= 11 is 0. The van der Waals surface area contributed by atoms with Gasteiger partial charge >= 0.3 is 5.97 Å². The number of carboxylic acid groups (broad SMARTS) is 1. The van der Waals surface area contributed by atoms with E-state index < -0.39 is 5.97 Å². The van der Waals surface area contributed by atoms with Crippen LogP contribution in [0.2, 0.25) is 0 Å². The molecule has 0 heterocycles. The maximum Gasteiger partial charge on any atom is 0.339 e. The van der Waals surface area contributed by atoms with Crippen molar-refractivity contribution in [3.63, 3.8) is 0 Å². The third kappa shape index (κ3) is 4.60. The van der Waals surface area contributed by atoms with Crippen LogP contribution < -0.4 is 4.74 Å². The van der Waals surface area contributed by atoms with Crippen LogP contribution in [-0.4, -0.2) is 22.8 Å². The summed E-state index contributed by atoms with van der Waals surface area (Å²) in [7, 11) is 0. The van der Waals surface area contributed by atoms with Gasteiger partial charge in [0.25, 0.3) is 0 Å². The molecule has 4 aliphatic rings. The zero-order valence-corrected chi connectivity index (χ0v) is 21.8. The molecule has 4 nitrogen and oxygen atoms in total. The summed E-state index contributed by atoms with van der Waals surface area (Å²) in [5.41, 5.74) is 3.37. The van der Waals surface area contributed by atoms with Crippen LogP contribution in [0.25, 0.3) is 21.9 Å². The minimum atomic E-state index is -1.12. The number of benzene rings is 3. The van der Waals surface area contributed by atoms with E-state index in [2.05, 4.69) is 31.2 Å². The molecule has 0 saturated heterocycles. The maximum absolute atomic E-state index is 11.3. The largest absolute Gasteiger partial charge is 0.507 e. The highest BCUT2D eigenvalue weighted by molar-refractivity contribution is 5.93. The van der Waals surface area contributed by atoms with Crippen LogP contribution >= 0.6 is 0 Å². The summed E-state index contributed by atoms with van der Waals surface area (Å²) in [6.45, 7) is 3.02. The molecule has 194 valence electrons. The summed E-state index contributed by atoms with van der Waals surface area (Å²) in [6, 6.07) is 15.8. The van der Waals surface area contributed by atoms with E-state index in [-0.39, 0.29) is 16.7 Å². The smallest absolute Gasteiger partial charge is 0.339 e. The molecule has 4 saturated carbocycles. The molecule has 0 aliphatic heterocycles. The van der Waals surface area contributed by atoms with Crippen LogP contribution in [0, 0.1) is 17.8 Å². The zero-order valence-electron chi connectivity index (χ0n) is 21.8. The van der Waals surface area contributed by atoms with Crippen molar-refractivity contribution < 1.29 is 19.7 Å². The van der Waals surface area contributed by atoms with E-state index in [1.54, 1.807) is 12.1 Å². The average molecular weight is 499 g/mol. The Kier molecular flexibility index (Phi) is 6.38. The lowest BCUT2D eigenvalue weighted by Gasteiger charge is -2.57. The van der Waals surface area contributed by atoms with Gasteiger partial charge in [-0.2, -0.15) is 0 Å². The van der Waals surface area contributed by atoms with E-state index in [1.807, 2.05) is 6.07 Å². The third-order valence-electron chi connectivity index (χ3n) is 9.37. The fourth-order valence-corrected chi connectivity index (χ4v) is 8.03. The maximum atomic E-state index is 11.3. The standard InChI is InChI=1S/C33H38O4/c1-2-3-4-5-10-37-31-17-26-7-6-24(25-8-9-28(32(35)36)30(34)16-25)14-27(26)15-29(31)33-18-21-11-22(19-33)13-23(12-21)20-33/h6-9,14-17,21-23,34H,2-5,10-13,18-20H2,1H3,(H,35,36). The fraction of sp³-hybridized carbons (Fsp3) is 0.485. The predicted molar refractivity (Wildman–Crippen MR) is 147 cm³/mol. The third-order valence-corrected chi connectivity index (χ3v) is 9.37. The van der Waals surface area contributed by atoms with Gasteiger partial charge in [0.2, 0.25) is 0 Å². The van der Waals surface area contributed by atoms with Crippen molar-refractivity contribution in [3.05, 3.63) is 59.7 Å². The molecule has 7 rings (SSSR count). The lowest BCUT2D eigenvalue weighted by atomic mass is 9.48. The molecule has 2 N–H and O–H groups in total. The first kappa shape index (κ1) is 24.3. The van der Waals surface area contributed by atoms with Crippen LogP contribution in [0.5, 0.6) is 11.5 Å². The summed E-state index contributed by atoms with van der Waals surface area (Å²) in [5, 5.41) is 21.9. The highest BCUT2D eigenvalue weighted by atomic mass is 16.5. The predicted octanol–water partition coefficient (Wildman–Crippen LogP) is 8.34. The van der Waals surface area contributed by atoms with Gasteiger partial charge in [0.15, 0.2) is 0 Å². The lowest BCUT2D eigenvalue weighted by Crippen LogP contribution is -2.48. The number of rotatable bonds is 9. The molecule has 3 aromatic carbocycles. The number of carbonyl (C=O) groups is 1. The molecular weight excluding hydrogens is 460 g/mol. The molecule has 0 spiro atoms. The summed E-state index contributed by atoms with van der Waals surface area (Å²) < 4.78 is 6.56. The number of carboxylic acids is 1. The lowest BCUT2D eigenvalue weighted by molar-refractivity contribution is -0.00633. The Labute approximate surface area is 219 Å². The number of ether oxygens (including phenoxy) is 1. The Morgan fingerprint density at radius 1 is 0.865 bits per heavy atom. The average Bonchev–Trinajstić information content (AvgIpc) is 2.86. The Bertz CT molecular complexity index is 1290. The Hall–Kier alpha value is -3.01. The van der Waals surface area contributed by atoms with Gasteiger partial charge in [-0.15, -0.1) is 0 Å². The molecule has 0 unspecified atom stereocenters. The van der Waals surface area contributed by atoms with E-state index in [0.29, 0.717) is 0 Å². The Balaban J connectivity index is 1.39. The Morgan fingerprint density at radius 3 is 2.19 bits per heavy atom. The molecule has 3 aromatic rings. The Morgan fingerprint density at radius 2 is 1.54 bits per heavy atom. The monoisotopic (exact) mass is 498 g/mol. The minimum absolute atomic E-state index is 0.0747. The summed E-state index contributed by atoms with van der Waals surface area (Å²) in [6.07, 6.45) is 12.9. The molecule has 4 fully saturated rings. The van der Waals surface area contributed by atoms with Crippen molar-refractivity contribution in [1.29, 1.82) is 0 Å². The van der Waals surface area contributed by atoms with Crippen molar-refractivity contribution in [2.45, 2.75) is 76.5 Å². The molecule has 4 heteroatoms. The second-order valence-corrected chi connectivity index (χ2v) is 12.1. The van der Waals surface area contributed by atoms with Gasteiger partial charge < -0.3 is 14.9 Å². The van der Waals surface area contributed by atoms with Gasteiger partial charge in [-0.1, -0.05) is 44.4 Å². The van der Waals surface area contributed by atoms with Gasteiger partial charge in [-0.05, 0) is 120 Å². The van der Waals surface area contributed by atoms with E-state index in [0.717, 1.165) is 53.0 Å².